The summed E-state index contributed by atoms with van der Waals surface area (Å²) in [5, 5.41) is 0.744. The molecule has 0 amide bonds. The predicted octanol–water partition coefficient (Wildman–Crippen LogP) is 3.12. The van der Waals surface area contributed by atoms with Crippen LogP contribution in [0, 0.1) is 12.7 Å². The van der Waals surface area contributed by atoms with E-state index in [9.17, 15) is 9.18 Å². The highest BCUT2D eigenvalue weighted by molar-refractivity contribution is 6.34. The Bertz CT molecular complexity index is 613. The molecule has 0 saturated carbocycles. The van der Waals surface area contributed by atoms with Crippen molar-refractivity contribution in [3.8, 4) is 0 Å². The molecule has 1 aromatic carbocycles. The van der Waals surface area contributed by atoms with Crippen molar-refractivity contribution >= 4 is 28.3 Å². The Labute approximate surface area is 102 Å². The second-order valence-electron chi connectivity index (χ2n) is 3.58. The number of hydrogen-bond donors (Lipinski definition) is 0. The minimum absolute atomic E-state index is 0.0379. The first-order chi connectivity index (χ1) is 8.04. The van der Waals surface area contributed by atoms with Gasteiger partial charge in [0.25, 0.3) is 0 Å². The van der Waals surface area contributed by atoms with Crippen molar-refractivity contribution in [3.05, 3.63) is 40.4 Å². The number of nitrogens with zero attached hydrogens (tertiary/aromatic N) is 1. The number of halogens is 2. The molecule has 2 aromatic rings. The van der Waals surface area contributed by atoms with E-state index in [1.54, 1.807) is 13.0 Å². The Morgan fingerprint density at radius 3 is 2.82 bits per heavy atom. The summed E-state index contributed by atoms with van der Waals surface area (Å²) < 4.78 is 18.2. The van der Waals surface area contributed by atoms with E-state index < -0.39 is 11.8 Å². The van der Waals surface area contributed by atoms with Crippen molar-refractivity contribution in [1.82, 2.24) is 4.98 Å². The van der Waals surface area contributed by atoms with Crippen molar-refractivity contribution in [1.29, 1.82) is 0 Å². The summed E-state index contributed by atoms with van der Waals surface area (Å²) >= 11 is 5.88. The molecule has 0 radical (unpaired) electrons. The van der Waals surface area contributed by atoms with Gasteiger partial charge in [0.05, 0.1) is 12.5 Å². The summed E-state index contributed by atoms with van der Waals surface area (Å²) in [6.07, 6.45) is 0. The van der Waals surface area contributed by atoms with Gasteiger partial charge in [-0.05, 0) is 30.0 Å². The summed E-state index contributed by atoms with van der Waals surface area (Å²) in [6.45, 7) is 1.80. The fourth-order valence-corrected chi connectivity index (χ4v) is 1.92. The molecule has 0 unspecified atom stereocenters. The Hall–Kier alpha value is -1.68. The van der Waals surface area contributed by atoms with Crippen LogP contribution in [0.2, 0.25) is 5.15 Å². The molecular formula is C12H9ClFNO2. The number of aryl methyl sites for hydroxylation is 1. The smallest absolute Gasteiger partial charge is 0.356 e. The molecule has 17 heavy (non-hydrogen) atoms. The summed E-state index contributed by atoms with van der Waals surface area (Å²) in [7, 11) is 1.25. The van der Waals surface area contributed by atoms with Crippen LogP contribution in [0.5, 0.6) is 0 Å². The van der Waals surface area contributed by atoms with Gasteiger partial charge >= 0.3 is 5.97 Å². The third-order valence-electron chi connectivity index (χ3n) is 2.51. The molecule has 0 spiro atoms. The molecule has 3 nitrogen and oxygen atoms in total. The van der Waals surface area contributed by atoms with Crippen molar-refractivity contribution < 1.29 is 13.9 Å². The van der Waals surface area contributed by atoms with Gasteiger partial charge in [0.1, 0.15) is 11.0 Å². The minimum atomic E-state index is -0.600. The number of carbonyl (C=O) groups excluding carboxylic acids is 1. The summed E-state index contributed by atoms with van der Waals surface area (Å²) in [5.74, 6) is -1.06. The lowest BCUT2D eigenvalue weighted by molar-refractivity contribution is 0.0594. The van der Waals surface area contributed by atoms with Crippen LogP contribution in [0.15, 0.2) is 18.2 Å². The lowest BCUT2D eigenvalue weighted by atomic mass is 10.1. The number of carbonyl (C=O) groups is 1. The zero-order chi connectivity index (χ0) is 12.6. The average Bonchev–Trinajstić information content (AvgIpc) is 2.32. The number of esters is 1. The zero-order valence-electron chi connectivity index (χ0n) is 9.25. The van der Waals surface area contributed by atoms with Crippen molar-refractivity contribution in [2.45, 2.75) is 6.92 Å². The molecule has 88 valence electrons. The Morgan fingerprint density at radius 2 is 2.18 bits per heavy atom. The molecule has 0 atom stereocenters. The fraction of sp³-hybridized carbons (Fsp3) is 0.167. The molecule has 0 aliphatic rings. The van der Waals surface area contributed by atoms with Crippen LogP contribution in [0.4, 0.5) is 4.39 Å². The highest BCUT2D eigenvalue weighted by atomic mass is 35.5. The lowest BCUT2D eigenvalue weighted by Gasteiger charge is -2.07. The number of benzene rings is 1. The maximum absolute atomic E-state index is 13.6. The number of pyridine rings is 1. The van der Waals surface area contributed by atoms with Gasteiger partial charge in [-0.3, -0.25) is 0 Å². The van der Waals surface area contributed by atoms with Crippen LogP contribution in [0.1, 0.15) is 16.1 Å². The topological polar surface area (TPSA) is 39.2 Å². The van der Waals surface area contributed by atoms with E-state index >= 15 is 0 Å². The molecular weight excluding hydrogens is 245 g/mol. The predicted molar refractivity (Wildman–Crippen MR) is 62.8 cm³/mol. The molecule has 0 N–H and O–H groups in total. The lowest BCUT2D eigenvalue weighted by Crippen LogP contribution is -2.05. The monoisotopic (exact) mass is 253 g/mol. The van der Waals surface area contributed by atoms with E-state index in [0.717, 1.165) is 5.56 Å². The third kappa shape index (κ3) is 1.96. The molecule has 1 heterocycles. The number of methoxy groups -OCH3 is 1. The Kier molecular flexibility index (Phi) is 2.98. The van der Waals surface area contributed by atoms with Gasteiger partial charge in [-0.2, -0.15) is 0 Å². The van der Waals surface area contributed by atoms with Crippen LogP contribution in [0.3, 0.4) is 0 Å². The molecule has 5 heteroatoms. The quantitative estimate of drug-likeness (QED) is 0.579. The largest absolute Gasteiger partial charge is 0.464 e. The first-order valence-electron chi connectivity index (χ1n) is 4.88. The van der Waals surface area contributed by atoms with E-state index in [1.165, 1.54) is 19.2 Å². The van der Waals surface area contributed by atoms with E-state index in [1.807, 2.05) is 0 Å². The second-order valence-corrected chi connectivity index (χ2v) is 3.93. The number of ether oxygens (including phenoxy) is 1. The number of fused-ring (bicyclic) bond motifs is 1. The summed E-state index contributed by atoms with van der Waals surface area (Å²) in [5.41, 5.74) is 0.884. The first kappa shape index (κ1) is 11.8. The van der Waals surface area contributed by atoms with Gasteiger partial charge in [-0.15, -0.1) is 0 Å². The summed E-state index contributed by atoms with van der Waals surface area (Å²) in [4.78, 5) is 15.2. The second kappa shape index (κ2) is 4.30. The molecule has 1 aromatic heterocycles. The van der Waals surface area contributed by atoms with Gasteiger partial charge in [-0.25, -0.2) is 14.2 Å². The van der Waals surface area contributed by atoms with Crippen molar-refractivity contribution in [3.63, 3.8) is 0 Å². The number of hydrogen-bond acceptors (Lipinski definition) is 3. The SMILES string of the molecule is COC(=O)c1cc2c(C)ccc(F)c2c(Cl)n1. The van der Waals surface area contributed by atoms with Crippen LogP contribution in [0.25, 0.3) is 10.8 Å². The first-order valence-corrected chi connectivity index (χ1v) is 5.26. The van der Waals surface area contributed by atoms with Gasteiger partial charge < -0.3 is 4.74 Å². The Balaban J connectivity index is 2.82. The van der Waals surface area contributed by atoms with Crippen LogP contribution < -0.4 is 0 Å². The molecule has 0 saturated heterocycles. The highest BCUT2D eigenvalue weighted by Crippen LogP contribution is 2.28. The average molecular weight is 254 g/mol. The third-order valence-corrected chi connectivity index (χ3v) is 2.79. The maximum Gasteiger partial charge on any atom is 0.356 e. The number of rotatable bonds is 1. The molecule has 2 rings (SSSR count). The van der Waals surface area contributed by atoms with E-state index in [2.05, 4.69) is 9.72 Å². The van der Waals surface area contributed by atoms with Gasteiger partial charge in [0.2, 0.25) is 0 Å². The van der Waals surface area contributed by atoms with Crippen molar-refractivity contribution in [2.75, 3.05) is 7.11 Å². The van der Waals surface area contributed by atoms with Crippen LogP contribution >= 0.6 is 11.6 Å². The highest BCUT2D eigenvalue weighted by Gasteiger charge is 2.15. The zero-order valence-corrected chi connectivity index (χ0v) is 10.0. The van der Waals surface area contributed by atoms with Gasteiger partial charge in [0, 0.05) is 0 Å². The van der Waals surface area contributed by atoms with E-state index in [4.69, 9.17) is 11.6 Å². The molecule has 0 aliphatic carbocycles. The number of aromatic nitrogens is 1. The summed E-state index contributed by atoms with van der Waals surface area (Å²) in [6, 6.07) is 4.42. The van der Waals surface area contributed by atoms with Gasteiger partial charge in [0.15, 0.2) is 5.69 Å². The molecule has 0 bridgehead atoms. The normalized spacial score (nSPS) is 10.6. The van der Waals surface area contributed by atoms with Crippen LogP contribution in [-0.2, 0) is 4.74 Å². The van der Waals surface area contributed by atoms with E-state index in [0.29, 0.717) is 5.39 Å². The molecule has 0 aliphatic heterocycles. The maximum atomic E-state index is 13.6. The standard InChI is InChI=1S/C12H9ClFNO2/c1-6-3-4-8(14)10-7(6)5-9(12(16)17-2)15-11(10)13/h3-5H,1-2H3. The fourth-order valence-electron chi connectivity index (χ4n) is 1.63. The minimum Gasteiger partial charge on any atom is -0.464 e. The van der Waals surface area contributed by atoms with Gasteiger partial charge in [-0.1, -0.05) is 17.7 Å². The van der Waals surface area contributed by atoms with Crippen LogP contribution in [-0.4, -0.2) is 18.1 Å². The van der Waals surface area contributed by atoms with E-state index in [-0.39, 0.29) is 16.2 Å². The molecule has 0 fully saturated rings. The van der Waals surface area contributed by atoms with Crippen molar-refractivity contribution in [2.24, 2.45) is 0 Å². The Morgan fingerprint density at radius 1 is 1.47 bits per heavy atom.